The van der Waals surface area contributed by atoms with E-state index < -0.39 is 6.04 Å². The Morgan fingerprint density at radius 2 is 1.95 bits per heavy atom. The first-order valence-electron chi connectivity index (χ1n) is 7.04. The van der Waals surface area contributed by atoms with Crippen LogP contribution < -0.4 is 0 Å². The lowest BCUT2D eigenvalue weighted by molar-refractivity contribution is -0.139. The highest BCUT2D eigenvalue weighted by Gasteiger charge is 2.46. The molecule has 0 saturated carbocycles. The largest absolute Gasteiger partial charge is 0.342 e. The number of likely N-dealkylation sites (N-methyl/N-ethyl adjacent to an activating group) is 1. The summed E-state index contributed by atoms with van der Waals surface area (Å²) >= 11 is 0. The van der Waals surface area contributed by atoms with Crippen molar-refractivity contribution in [3.63, 3.8) is 0 Å². The number of hydrogen-bond acceptors (Lipinski definition) is 2. The van der Waals surface area contributed by atoms with E-state index in [0.717, 1.165) is 0 Å². The van der Waals surface area contributed by atoms with Gasteiger partial charge in [0.25, 0.3) is 0 Å². The van der Waals surface area contributed by atoms with E-state index in [0.29, 0.717) is 18.7 Å². The van der Waals surface area contributed by atoms with Crippen LogP contribution in [0.3, 0.4) is 0 Å². The van der Waals surface area contributed by atoms with Gasteiger partial charge in [0.1, 0.15) is 11.9 Å². The van der Waals surface area contributed by atoms with Crippen LogP contribution in [-0.4, -0.2) is 58.9 Å². The van der Waals surface area contributed by atoms with Gasteiger partial charge in [0.15, 0.2) is 0 Å². The lowest BCUT2D eigenvalue weighted by Crippen LogP contribution is -2.58. The fourth-order valence-corrected chi connectivity index (χ4v) is 3.18. The van der Waals surface area contributed by atoms with E-state index in [1.54, 1.807) is 46.9 Å². The number of nitrogens with zero attached hydrogens (tertiary/aromatic N) is 3. The molecule has 3 amide bonds. The van der Waals surface area contributed by atoms with Gasteiger partial charge in [-0.3, -0.25) is 4.79 Å². The maximum atomic E-state index is 13.7. The molecule has 0 aromatic heterocycles. The number of rotatable bonds is 2. The van der Waals surface area contributed by atoms with E-state index in [1.807, 2.05) is 0 Å². The normalized spacial score (nSPS) is 25.6. The Kier molecular flexibility index (Phi) is 3.31. The average Bonchev–Trinajstić information content (AvgIpc) is 2.75. The number of piperazine rings is 1. The third-order valence-corrected chi connectivity index (χ3v) is 4.27. The molecule has 1 aromatic carbocycles. The predicted molar refractivity (Wildman–Crippen MR) is 74.9 cm³/mol. The third-order valence-electron chi connectivity index (χ3n) is 4.27. The van der Waals surface area contributed by atoms with Crippen LogP contribution in [0.15, 0.2) is 24.3 Å². The minimum atomic E-state index is -0.452. The Labute approximate surface area is 122 Å². The zero-order valence-corrected chi connectivity index (χ0v) is 12.1. The smallest absolute Gasteiger partial charge is 0.321 e. The summed E-state index contributed by atoms with van der Waals surface area (Å²) in [4.78, 5) is 29.4. The summed E-state index contributed by atoms with van der Waals surface area (Å²) < 4.78 is 13.7. The minimum absolute atomic E-state index is 0.0121. The first-order valence-corrected chi connectivity index (χ1v) is 7.04. The number of hydrogen-bond donors (Lipinski definition) is 0. The van der Waals surface area contributed by atoms with E-state index in [9.17, 15) is 14.0 Å². The molecule has 2 aliphatic rings. The van der Waals surface area contributed by atoms with Crippen molar-refractivity contribution >= 4 is 11.9 Å². The highest BCUT2D eigenvalue weighted by molar-refractivity contribution is 5.89. The molecule has 6 heteroatoms. The molecule has 0 radical (unpaired) electrons. The van der Waals surface area contributed by atoms with Crippen LogP contribution in [0.5, 0.6) is 0 Å². The SMILES string of the molecule is CC1C(=O)N(C)CC2CN(Cc3ccccc3F)C(=O)N21. The van der Waals surface area contributed by atoms with Gasteiger partial charge in [0, 0.05) is 25.7 Å². The average molecular weight is 291 g/mol. The molecule has 0 N–H and O–H groups in total. The maximum Gasteiger partial charge on any atom is 0.321 e. The topological polar surface area (TPSA) is 43.9 Å². The number of urea groups is 1. The quantitative estimate of drug-likeness (QED) is 0.824. The van der Waals surface area contributed by atoms with Gasteiger partial charge < -0.3 is 14.7 Å². The Hall–Kier alpha value is -2.11. The van der Waals surface area contributed by atoms with Crippen molar-refractivity contribution in [2.75, 3.05) is 20.1 Å². The number of carbonyl (C=O) groups excluding carboxylic acids is 2. The van der Waals surface area contributed by atoms with Crippen LogP contribution in [0.1, 0.15) is 12.5 Å². The second kappa shape index (κ2) is 5.02. The predicted octanol–water partition coefficient (Wildman–Crippen LogP) is 1.29. The van der Waals surface area contributed by atoms with Crippen LogP contribution in [0.25, 0.3) is 0 Å². The van der Waals surface area contributed by atoms with Gasteiger partial charge in [-0.15, -0.1) is 0 Å². The Morgan fingerprint density at radius 3 is 2.67 bits per heavy atom. The van der Waals surface area contributed by atoms with Crippen LogP contribution in [0.4, 0.5) is 9.18 Å². The standard InChI is InChI=1S/C15H18FN3O2/c1-10-14(20)17(2)8-12-9-18(15(21)19(10)12)7-11-5-3-4-6-13(11)16/h3-6,10,12H,7-9H2,1-2H3. The second-order valence-electron chi connectivity index (χ2n) is 5.71. The summed E-state index contributed by atoms with van der Waals surface area (Å²) in [6.07, 6.45) is 0. The van der Waals surface area contributed by atoms with Crippen molar-refractivity contribution in [1.82, 2.24) is 14.7 Å². The van der Waals surface area contributed by atoms with Gasteiger partial charge in [-0.25, -0.2) is 9.18 Å². The summed E-state index contributed by atoms with van der Waals surface area (Å²) in [6, 6.07) is 5.81. The molecule has 2 fully saturated rings. The zero-order chi connectivity index (χ0) is 15.1. The fourth-order valence-electron chi connectivity index (χ4n) is 3.18. The zero-order valence-electron chi connectivity index (χ0n) is 12.1. The monoisotopic (exact) mass is 291 g/mol. The van der Waals surface area contributed by atoms with Gasteiger partial charge >= 0.3 is 6.03 Å². The molecule has 1 aromatic rings. The van der Waals surface area contributed by atoms with Gasteiger partial charge in [0.2, 0.25) is 5.91 Å². The van der Waals surface area contributed by atoms with Gasteiger partial charge in [-0.2, -0.15) is 0 Å². The molecule has 5 nitrogen and oxygen atoms in total. The van der Waals surface area contributed by atoms with Crippen molar-refractivity contribution < 1.29 is 14.0 Å². The lowest BCUT2D eigenvalue weighted by atomic mass is 10.1. The van der Waals surface area contributed by atoms with Gasteiger partial charge in [-0.05, 0) is 13.0 Å². The first kappa shape index (κ1) is 13.9. The van der Waals surface area contributed by atoms with Gasteiger partial charge in [-0.1, -0.05) is 18.2 Å². The molecule has 2 aliphatic heterocycles. The second-order valence-corrected chi connectivity index (χ2v) is 5.71. The van der Waals surface area contributed by atoms with Crippen LogP contribution in [0, 0.1) is 5.82 Å². The van der Waals surface area contributed by atoms with E-state index in [-0.39, 0.29) is 30.3 Å². The molecule has 2 saturated heterocycles. The van der Waals surface area contributed by atoms with E-state index in [4.69, 9.17) is 0 Å². The van der Waals surface area contributed by atoms with Crippen molar-refractivity contribution in [1.29, 1.82) is 0 Å². The Balaban J connectivity index is 1.80. The Morgan fingerprint density at radius 1 is 1.24 bits per heavy atom. The lowest BCUT2D eigenvalue weighted by Gasteiger charge is -2.38. The van der Waals surface area contributed by atoms with E-state index >= 15 is 0 Å². The van der Waals surface area contributed by atoms with Crippen molar-refractivity contribution in [3.8, 4) is 0 Å². The van der Waals surface area contributed by atoms with Crippen LogP contribution in [0.2, 0.25) is 0 Å². The number of benzene rings is 1. The third kappa shape index (κ3) is 2.24. The molecule has 0 bridgehead atoms. The first-order chi connectivity index (χ1) is 9.99. The molecule has 0 spiro atoms. The molecule has 112 valence electrons. The number of amides is 3. The minimum Gasteiger partial charge on any atom is -0.342 e. The molecule has 2 unspecified atom stereocenters. The maximum absolute atomic E-state index is 13.7. The van der Waals surface area contributed by atoms with Crippen molar-refractivity contribution in [2.45, 2.75) is 25.6 Å². The fraction of sp³-hybridized carbons (Fsp3) is 0.467. The number of fused-ring (bicyclic) bond motifs is 1. The summed E-state index contributed by atoms with van der Waals surface area (Å²) in [5.41, 5.74) is 0.498. The van der Waals surface area contributed by atoms with Crippen LogP contribution >= 0.6 is 0 Å². The molecule has 21 heavy (non-hydrogen) atoms. The van der Waals surface area contributed by atoms with Crippen molar-refractivity contribution in [2.24, 2.45) is 0 Å². The van der Waals surface area contributed by atoms with Crippen molar-refractivity contribution in [3.05, 3.63) is 35.6 Å². The van der Waals surface area contributed by atoms with Crippen LogP contribution in [-0.2, 0) is 11.3 Å². The molecular formula is C15H18FN3O2. The summed E-state index contributed by atoms with van der Waals surface area (Å²) in [5, 5.41) is 0. The molecule has 2 heterocycles. The molecule has 2 atom stereocenters. The van der Waals surface area contributed by atoms with Gasteiger partial charge in [0.05, 0.1) is 12.6 Å². The Bertz CT molecular complexity index is 592. The van der Waals surface area contributed by atoms with E-state index in [2.05, 4.69) is 0 Å². The molecular weight excluding hydrogens is 273 g/mol. The number of halogens is 1. The summed E-state index contributed by atoms with van der Waals surface area (Å²) in [6.45, 7) is 3.04. The van der Waals surface area contributed by atoms with E-state index in [1.165, 1.54) is 6.07 Å². The molecule has 0 aliphatic carbocycles. The highest BCUT2D eigenvalue weighted by Crippen LogP contribution is 2.26. The summed E-state index contributed by atoms with van der Waals surface area (Å²) in [5.74, 6) is -0.358. The number of carbonyl (C=O) groups is 2. The summed E-state index contributed by atoms with van der Waals surface area (Å²) in [7, 11) is 1.75. The highest BCUT2D eigenvalue weighted by atomic mass is 19.1. The molecule has 3 rings (SSSR count).